The van der Waals surface area contributed by atoms with E-state index in [1.165, 1.54) is 23.9 Å². The summed E-state index contributed by atoms with van der Waals surface area (Å²) in [5, 5.41) is 10.9. The lowest BCUT2D eigenvalue weighted by Crippen LogP contribution is -2.22. The molecule has 0 spiro atoms. The molecule has 36 heavy (non-hydrogen) atoms. The summed E-state index contributed by atoms with van der Waals surface area (Å²) in [6.45, 7) is 0.605. The lowest BCUT2D eigenvalue weighted by molar-refractivity contribution is 0.0701. The Hall–Kier alpha value is -2.41. The van der Waals surface area contributed by atoms with Crippen LogP contribution >= 0.6 is 22.9 Å². The maximum atomic E-state index is 13.4. The highest BCUT2D eigenvalue weighted by Crippen LogP contribution is 2.38. The Bertz CT molecular complexity index is 1380. The Morgan fingerprint density at radius 2 is 2.19 bits per heavy atom. The molecule has 3 aromatic rings. The number of ether oxygens (including phenoxy) is 1. The molecule has 1 aromatic carbocycles. The topological polar surface area (TPSA) is 134 Å². The molecule has 1 aliphatic heterocycles. The molecule has 3 heterocycles. The van der Waals surface area contributed by atoms with Crippen LogP contribution < -0.4 is 10.5 Å². The lowest BCUT2D eigenvalue weighted by Gasteiger charge is -2.26. The van der Waals surface area contributed by atoms with E-state index in [1.54, 1.807) is 0 Å². The molecule has 190 valence electrons. The molecule has 1 saturated carbocycles. The molecule has 1 aliphatic carbocycles. The second-order valence-corrected chi connectivity index (χ2v) is 11.5. The van der Waals surface area contributed by atoms with Gasteiger partial charge in [-0.05, 0) is 65.8 Å². The van der Waals surface area contributed by atoms with E-state index in [0.29, 0.717) is 29.3 Å². The highest BCUT2D eigenvalue weighted by atomic mass is 35.5. The van der Waals surface area contributed by atoms with E-state index in [4.69, 9.17) is 25.7 Å². The quantitative estimate of drug-likeness (QED) is 0.405. The van der Waals surface area contributed by atoms with Gasteiger partial charge in [0.1, 0.15) is 18.2 Å². The highest BCUT2D eigenvalue weighted by Gasteiger charge is 2.29. The molecule has 0 radical (unpaired) electrons. The van der Waals surface area contributed by atoms with E-state index < -0.39 is 10.3 Å². The number of thiophene rings is 1. The Morgan fingerprint density at radius 1 is 1.33 bits per heavy atom. The first-order chi connectivity index (χ1) is 17.3. The van der Waals surface area contributed by atoms with Crippen LogP contribution in [0.4, 0.5) is 5.82 Å². The minimum Gasteiger partial charge on any atom is -0.368 e. The number of nitrogens with two attached hydrogens (primary N) is 1. The number of nitrogens with zero attached hydrogens (tertiary/aromatic N) is 2. The summed E-state index contributed by atoms with van der Waals surface area (Å²) in [4.78, 5) is 22.4. The van der Waals surface area contributed by atoms with E-state index in [1.807, 2.05) is 29.6 Å². The number of benzene rings is 1. The first kappa shape index (κ1) is 25.2. The fourth-order valence-electron chi connectivity index (χ4n) is 4.82. The molecule has 12 heteroatoms. The monoisotopic (exact) mass is 548 g/mol. The van der Waals surface area contributed by atoms with Crippen LogP contribution in [0.3, 0.4) is 0 Å². The van der Waals surface area contributed by atoms with Crippen LogP contribution in [0.2, 0.25) is 5.02 Å². The van der Waals surface area contributed by atoms with E-state index in [-0.39, 0.29) is 30.5 Å². The highest BCUT2D eigenvalue weighted by molar-refractivity contribution is 7.84. The summed E-state index contributed by atoms with van der Waals surface area (Å²) < 4.78 is 32.9. The number of hydrogen-bond acceptors (Lipinski definition) is 9. The summed E-state index contributed by atoms with van der Waals surface area (Å²) in [6.07, 6.45) is 5.64. The number of carbonyl (C=O) groups is 1. The maximum absolute atomic E-state index is 13.4. The van der Waals surface area contributed by atoms with Gasteiger partial charge in [-0.15, -0.1) is 11.3 Å². The zero-order valence-electron chi connectivity index (χ0n) is 19.2. The van der Waals surface area contributed by atoms with Gasteiger partial charge in [-0.25, -0.2) is 15.1 Å². The van der Waals surface area contributed by atoms with Crippen molar-refractivity contribution >= 4 is 44.8 Å². The van der Waals surface area contributed by atoms with Gasteiger partial charge < -0.3 is 10.1 Å². The van der Waals surface area contributed by atoms with Gasteiger partial charge in [-0.2, -0.15) is 8.42 Å². The minimum atomic E-state index is -3.96. The molecule has 0 amide bonds. The number of aromatic nitrogens is 2. The molecule has 0 saturated heterocycles. The molecule has 1 unspecified atom stereocenters. The van der Waals surface area contributed by atoms with E-state index in [0.717, 1.165) is 41.0 Å². The zero-order chi connectivity index (χ0) is 25.3. The molecule has 3 N–H and O–H groups in total. The largest absolute Gasteiger partial charge is 0.368 e. The fourth-order valence-corrected chi connectivity index (χ4v) is 6.36. The number of hydrogen-bond donors (Lipinski definition) is 2. The molecular formula is C24H25ClN4O5S2. The Kier molecular flexibility index (Phi) is 7.38. The van der Waals surface area contributed by atoms with Crippen LogP contribution in [0.15, 0.2) is 42.2 Å². The molecule has 2 aromatic heterocycles. The predicted octanol–water partition coefficient (Wildman–Crippen LogP) is 3.89. The van der Waals surface area contributed by atoms with Crippen molar-refractivity contribution < 1.29 is 22.1 Å². The summed E-state index contributed by atoms with van der Waals surface area (Å²) in [5.74, 6) is 0.325. The van der Waals surface area contributed by atoms with Crippen molar-refractivity contribution in [2.75, 3.05) is 18.5 Å². The van der Waals surface area contributed by atoms with Gasteiger partial charge in [-0.1, -0.05) is 23.7 Å². The van der Waals surface area contributed by atoms with E-state index >= 15 is 0 Å². The molecule has 5 rings (SSSR count). The minimum absolute atomic E-state index is 0.0244. The van der Waals surface area contributed by atoms with Crippen molar-refractivity contribution in [2.24, 2.45) is 11.1 Å². The van der Waals surface area contributed by atoms with E-state index in [2.05, 4.69) is 15.3 Å². The number of halogens is 1. The molecule has 9 nitrogen and oxygen atoms in total. The Balaban J connectivity index is 1.30. The van der Waals surface area contributed by atoms with Crippen molar-refractivity contribution in [1.29, 1.82) is 0 Å². The van der Waals surface area contributed by atoms with Gasteiger partial charge in [-0.3, -0.25) is 8.98 Å². The van der Waals surface area contributed by atoms with Crippen LogP contribution in [0.1, 0.15) is 57.3 Å². The summed E-state index contributed by atoms with van der Waals surface area (Å²) in [6, 6.07) is 7.70. The second-order valence-electron chi connectivity index (χ2n) is 8.96. The van der Waals surface area contributed by atoms with Gasteiger partial charge >= 0.3 is 10.3 Å². The summed E-state index contributed by atoms with van der Waals surface area (Å²) >= 11 is 7.75. The SMILES string of the molecule is NS(=O)(=O)OC[C@@H]1CC[C@H](Nc2ncncc2C(=O)c2cc(C3OCCc4c(Cl)cccc43)cs2)C1. The van der Waals surface area contributed by atoms with Crippen molar-refractivity contribution in [3.63, 3.8) is 0 Å². The van der Waals surface area contributed by atoms with Crippen molar-refractivity contribution in [3.8, 4) is 0 Å². The number of anilines is 1. The Labute approximate surface area is 218 Å². The number of fused-ring (bicyclic) bond motifs is 1. The second kappa shape index (κ2) is 10.5. The standard InChI is InChI=1S/C24H25ClN4O5S2/c25-20-3-1-2-18-17(20)6-7-33-23(18)15-9-21(35-12-15)22(30)19-10-27-13-28-24(19)29-16-5-4-14(8-16)11-34-36(26,31)32/h1-3,9-10,12-14,16,23H,4-8,11H2,(H2,26,31,32)(H,27,28,29)/t14-,16+,23?/m1/s1. The first-order valence-corrected chi connectivity index (χ1v) is 14.3. The van der Waals surface area contributed by atoms with Crippen LogP contribution in [0.5, 0.6) is 0 Å². The van der Waals surface area contributed by atoms with Gasteiger partial charge in [0.2, 0.25) is 5.78 Å². The molecule has 2 aliphatic rings. The summed E-state index contributed by atoms with van der Waals surface area (Å²) in [7, 11) is -3.96. The third kappa shape index (κ3) is 5.61. The molecular weight excluding hydrogens is 524 g/mol. The molecule has 3 atom stereocenters. The molecule has 0 bridgehead atoms. The van der Waals surface area contributed by atoms with Crippen LogP contribution in [0.25, 0.3) is 0 Å². The van der Waals surface area contributed by atoms with Crippen LogP contribution in [0, 0.1) is 5.92 Å². The number of rotatable bonds is 8. The normalized spacial score (nSPS) is 21.8. The van der Waals surface area contributed by atoms with Gasteiger partial charge in [0, 0.05) is 17.3 Å². The predicted molar refractivity (Wildman–Crippen MR) is 137 cm³/mol. The van der Waals surface area contributed by atoms with Crippen LogP contribution in [-0.2, 0) is 25.6 Å². The number of ketones is 1. The van der Waals surface area contributed by atoms with Gasteiger partial charge in [0.25, 0.3) is 0 Å². The van der Waals surface area contributed by atoms with Crippen LogP contribution in [-0.4, -0.2) is 43.4 Å². The third-order valence-corrected chi connectivity index (χ3v) is 8.29. The average molecular weight is 549 g/mol. The molecule has 1 fully saturated rings. The fraction of sp³-hybridized carbons (Fsp3) is 0.375. The van der Waals surface area contributed by atoms with Gasteiger partial charge in [0.05, 0.1) is 23.7 Å². The average Bonchev–Trinajstić information content (AvgIpc) is 3.52. The number of nitrogens with one attached hydrogen (secondary N) is 1. The van der Waals surface area contributed by atoms with Crippen molar-refractivity contribution in [2.45, 2.75) is 37.8 Å². The third-order valence-electron chi connectivity index (χ3n) is 6.53. The van der Waals surface area contributed by atoms with Crippen molar-refractivity contribution in [1.82, 2.24) is 9.97 Å². The van der Waals surface area contributed by atoms with E-state index in [9.17, 15) is 13.2 Å². The smallest absolute Gasteiger partial charge is 0.333 e. The van der Waals surface area contributed by atoms with Crippen molar-refractivity contribution in [3.05, 3.63) is 74.3 Å². The Morgan fingerprint density at radius 3 is 3.03 bits per heavy atom. The summed E-state index contributed by atoms with van der Waals surface area (Å²) in [5.41, 5.74) is 3.40. The maximum Gasteiger partial charge on any atom is 0.333 e. The lowest BCUT2D eigenvalue weighted by atomic mass is 9.94. The number of carbonyl (C=O) groups excluding carboxylic acids is 1. The zero-order valence-corrected chi connectivity index (χ0v) is 21.6. The van der Waals surface area contributed by atoms with Gasteiger partial charge in [0.15, 0.2) is 0 Å². The first-order valence-electron chi connectivity index (χ1n) is 11.5.